The van der Waals surface area contributed by atoms with Gasteiger partial charge in [-0.2, -0.15) is 5.26 Å². The van der Waals surface area contributed by atoms with Crippen LogP contribution >= 0.6 is 0 Å². The minimum Gasteiger partial charge on any atom is -0.299 e. The molecule has 1 aromatic carbocycles. The number of nitriles is 1. The van der Waals surface area contributed by atoms with Crippen molar-refractivity contribution in [1.82, 2.24) is 0 Å². The number of carbonyl (C=O) groups excluding carboxylic acids is 1. The Hall–Kier alpha value is -1.62. The molecule has 0 heterocycles. The van der Waals surface area contributed by atoms with Crippen molar-refractivity contribution in [1.29, 1.82) is 5.26 Å². The van der Waals surface area contributed by atoms with Crippen LogP contribution in [0.1, 0.15) is 76.0 Å². The molecule has 0 N–H and O–H groups in total. The summed E-state index contributed by atoms with van der Waals surface area (Å²) in [6.07, 6.45) is 5.20. The summed E-state index contributed by atoms with van der Waals surface area (Å²) in [5, 5.41) is 9.19. The van der Waals surface area contributed by atoms with E-state index in [1.165, 1.54) is 0 Å². The van der Waals surface area contributed by atoms with Gasteiger partial charge in [-0.15, -0.1) is 0 Å². The maximum Gasteiger partial charge on any atom is 0.143 e. The largest absolute Gasteiger partial charge is 0.299 e. The third-order valence-corrected chi connectivity index (χ3v) is 4.25. The monoisotopic (exact) mass is 285 g/mol. The molecule has 1 rings (SSSR count). The van der Waals surface area contributed by atoms with Crippen LogP contribution in [0.25, 0.3) is 0 Å². The van der Waals surface area contributed by atoms with Crippen LogP contribution in [0, 0.1) is 18.3 Å². The van der Waals surface area contributed by atoms with E-state index in [9.17, 15) is 10.1 Å². The SMILES string of the molecule is CCCC(=O)C(CCC)(CCC)c1cc(C#N)ccc1C. The van der Waals surface area contributed by atoms with Crippen molar-refractivity contribution in [2.24, 2.45) is 0 Å². The molecule has 0 unspecified atom stereocenters. The van der Waals surface area contributed by atoms with Gasteiger partial charge in [0.2, 0.25) is 0 Å². The molecule has 0 atom stereocenters. The zero-order chi connectivity index (χ0) is 15.9. The highest BCUT2D eigenvalue weighted by Crippen LogP contribution is 2.39. The Morgan fingerprint density at radius 1 is 1.14 bits per heavy atom. The van der Waals surface area contributed by atoms with Gasteiger partial charge in [-0.25, -0.2) is 0 Å². The fourth-order valence-electron chi connectivity index (χ4n) is 3.35. The second-order valence-electron chi connectivity index (χ2n) is 5.90. The Morgan fingerprint density at radius 3 is 2.24 bits per heavy atom. The summed E-state index contributed by atoms with van der Waals surface area (Å²) in [6, 6.07) is 7.97. The molecule has 0 spiro atoms. The number of hydrogen-bond acceptors (Lipinski definition) is 2. The Labute approximate surface area is 129 Å². The van der Waals surface area contributed by atoms with Crippen molar-refractivity contribution in [3.63, 3.8) is 0 Å². The lowest BCUT2D eigenvalue weighted by molar-refractivity contribution is -0.125. The Morgan fingerprint density at radius 2 is 1.76 bits per heavy atom. The van der Waals surface area contributed by atoms with Gasteiger partial charge in [-0.3, -0.25) is 4.79 Å². The third-order valence-electron chi connectivity index (χ3n) is 4.25. The number of ketones is 1. The number of Topliss-reactive ketones (excluding diaryl/α,β-unsaturated/α-hetero) is 1. The number of rotatable bonds is 8. The second-order valence-corrected chi connectivity index (χ2v) is 5.90. The first-order chi connectivity index (χ1) is 10.1. The molecule has 0 aliphatic carbocycles. The van der Waals surface area contributed by atoms with E-state index in [4.69, 9.17) is 0 Å². The van der Waals surface area contributed by atoms with Gasteiger partial charge in [0.1, 0.15) is 5.78 Å². The van der Waals surface area contributed by atoms with E-state index >= 15 is 0 Å². The van der Waals surface area contributed by atoms with Gasteiger partial charge < -0.3 is 0 Å². The van der Waals surface area contributed by atoms with E-state index in [0.29, 0.717) is 17.8 Å². The van der Waals surface area contributed by atoms with Gasteiger partial charge in [-0.05, 0) is 49.4 Å². The lowest BCUT2D eigenvalue weighted by Gasteiger charge is -2.34. The summed E-state index contributed by atoms with van der Waals surface area (Å²) < 4.78 is 0. The van der Waals surface area contributed by atoms with E-state index in [1.807, 2.05) is 18.2 Å². The molecule has 0 amide bonds. The quantitative estimate of drug-likeness (QED) is 0.668. The van der Waals surface area contributed by atoms with Crippen molar-refractivity contribution < 1.29 is 4.79 Å². The molecule has 0 aliphatic heterocycles. The van der Waals surface area contributed by atoms with Crippen LogP contribution in [0.3, 0.4) is 0 Å². The Kier molecular flexibility index (Phi) is 6.62. The van der Waals surface area contributed by atoms with Crippen LogP contribution in [0.2, 0.25) is 0 Å². The molecular weight excluding hydrogens is 258 g/mol. The van der Waals surface area contributed by atoms with E-state index < -0.39 is 5.41 Å². The highest BCUT2D eigenvalue weighted by molar-refractivity contribution is 5.90. The van der Waals surface area contributed by atoms with Gasteiger partial charge in [0.05, 0.1) is 17.0 Å². The zero-order valence-electron chi connectivity index (χ0n) is 13.8. The minimum atomic E-state index is -0.406. The van der Waals surface area contributed by atoms with Crippen LogP contribution < -0.4 is 0 Å². The average molecular weight is 285 g/mol. The van der Waals surface area contributed by atoms with Crippen molar-refractivity contribution in [3.05, 3.63) is 34.9 Å². The first-order valence-electron chi connectivity index (χ1n) is 8.10. The maximum atomic E-state index is 12.9. The third kappa shape index (κ3) is 3.73. The average Bonchev–Trinajstić information content (AvgIpc) is 2.47. The maximum absolute atomic E-state index is 12.9. The number of hydrogen-bond donors (Lipinski definition) is 0. The first kappa shape index (κ1) is 17.4. The minimum absolute atomic E-state index is 0.340. The molecule has 2 nitrogen and oxygen atoms in total. The smallest absolute Gasteiger partial charge is 0.143 e. The zero-order valence-corrected chi connectivity index (χ0v) is 13.8. The standard InChI is InChI=1S/C19H27NO/c1-5-8-18(21)19(11-6-2,12-7-3)17-13-16(14-20)10-9-15(17)4/h9-10,13H,5-8,11-12H2,1-4H3. The molecule has 0 bridgehead atoms. The Balaban J connectivity index is 3.47. The fraction of sp³-hybridized carbons (Fsp3) is 0.579. The summed E-state index contributed by atoms with van der Waals surface area (Å²) in [5.41, 5.74) is 2.44. The molecule has 114 valence electrons. The van der Waals surface area contributed by atoms with Crippen LogP contribution in [0.5, 0.6) is 0 Å². The topological polar surface area (TPSA) is 40.9 Å². The summed E-state index contributed by atoms with van der Waals surface area (Å²) in [7, 11) is 0. The molecule has 0 saturated heterocycles. The summed E-state index contributed by atoms with van der Waals surface area (Å²) in [5.74, 6) is 0.340. The van der Waals surface area contributed by atoms with Crippen molar-refractivity contribution in [2.75, 3.05) is 0 Å². The van der Waals surface area contributed by atoms with Crippen molar-refractivity contribution in [3.8, 4) is 6.07 Å². The van der Waals surface area contributed by atoms with Gasteiger partial charge in [0.15, 0.2) is 0 Å². The second kappa shape index (κ2) is 7.98. The van der Waals surface area contributed by atoms with Gasteiger partial charge >= 0.3 is 0 Å². The Bertz CT molecular complexity index is 519. The summed E-state index contributed by atoms with van der Waals surface area (Å²) in [6.45, 7) is 8.37. The van der Waals surface area contributed by atoms with Crippen LogP contribution in [0.4, 0.5) is 0 Å². The van der Waals surface area contributed by atoms with Gasteiger partial charge in [0, 0.05) is 6.42 Å². The number of carbonyl (C=O) groups is 1. The molecule has 0 aliphatic rings. The highest BCUT2D eigenvalue weighted by Gasteiger charge is 2.38. The molecule has 0 fully saturated rings. The van der Waals surface area contributed by atoms with Crippen molar-refractivity contribution >= 4 is 5.78 Å². The van der Waals surface area contributed by atoms with Gasteiger partial charge in [-0.1, -0.05) is 39.7 Å². The van der Waals surface area contributed by atoms with Crippen LogP contribution in [-0.4, -0.2) is 5.78 Å². The normalized spacial score (nSPS) is 11.2. The number of aryl methyl sites for hydroxylation is 1. The van der Waals surface area contributed by atoms with Crippen LogP contribution in [0.15, 0.2) is 18.2 Å². The molecule has 1 aromatic rings. The summed E-state index contributed by atoms with van der Waals surface area (Å²) >= 11 is 0. The predicted octanol–water partition coefficient (Wildman–Crippen LogP) is 5.07. The molecule has 0 radical (unpaired) electrons. The van der Waals surface area contributed by atoms with E-state index in [1.54, 1.807) is 0 Å². The summed E-state index contributed by atoms with van der Waals surface area (Å²) in [4.78, 5) is 12.9. The molecule has 21 heavy (non-hydrogen) atoms. The number of benzene rings is 1. The van der Waals surface area contributed by atoms with E-state index in [-0.39, 0.29) is 0 Å². The van der Waals surface area contributed by atoms with E-state index in [0.717, 1.165) is 43.2 Å². The number of nitrogens with zero attached hydrogens (tertiary/aromatic N) is 1. The molecular formula is C19H27NO. The van der Waals surface area contributed by atoms with E-state index in [2.05, 4.69) is 33.8 Å². The fourth-order valence-corrected chi connectivity index (χ4v) is 3.35. The molecule has 2 heteroatoms. The van der Waals surface area contributed by atoms with Crippen LogP contribution in [-0.2, 0) is 10.2 Å². The lowest BCUT2D eigenvalue weighted by Crippen LogP contribution is -2.36. The molecule has 0 aromatic heterocycles. The predicted molar refractivity (Wildman–Crippen MR) is 87.3 cm³/mol. The van der Waals surface area contributed by atoms with Gasteiger partial charge in [0.25, 0.3) is 0 Å². The van der Waals surface area contributed by atoms with Crippen molar-refractivity contribution in [2.45, 2.75) is 71.6 Å². The highest BCUT2D eigenvalue weighted by atomic mass is 16.1. The first-order valence-corrected chi connectivity index (χ1v) is 8.10. The lowest BCUT2D eigenvalue weighted by atomic mass is 9.67. The molecule has 0 saturated carbocycles.